The molecular formula is C18H21ClN2O4. The van der Waals surface area contributed by atoms with Crippen molar-refractivity contribution in [3.63, 3.8) is 0 Å². The van der Waals surface area contributed by atoms with Crippen molar-refractivity contribution in [3.8, 4) is 22.9 Å². The molecule has 0 amide bonds. The van der Waals surface area contributed by atoms with Crippen molar-refractivity contribution in [1.29, 1.82) is 0 Å². The molecule has 0 atom stereocenters. The van der Waals surface area contributed by atoms with Gasteiger partial charge in [-0.15, -0.1) is 0 Å². The number of rotatable bonds is 8. The molecule has 0 aliphatic carbocycles. The number of ether oxygens (including phenoxy) is 3. The summed E-state index contributed by atoms with van der Waals surface area (Å²) in [5.74, 6) is 1.30. The molecule has 25 heavy (non-hydrogen) atoms. The lowest BCUT2D eigenvalue weighted by molar-refractivity contribution is -0.142. The Balaban J connectivity index is 2.33. The van der Waals surface area contributed by atoms with Gasteiger partial charge in [0.25, 0.3) is 0 Å². The molecule has 0 radical (unpaired) electrons. The summed E-state index contributed by atoms with van der Waals surface area (Å²) >= 11 is 6.08. The summed E-state index contributed by atoms with van der Waals surface area (Å²) < 4.78 is 16.0. The van der Waals surface area contributed by atoms with Crippen molar-refractivity contribution in [2.24, 2.45) is 0 Å². The Morgan fingerprint density at radius 2 is 1.96 bits per heavy atom. The van der Waals surface area contributed by atoms with Crippen molar-refractivity contribution >= 4 is 17.6 Å². The Bertz CT molecular complexity index is 737. The van der Waals surface area contributed by atoms with E-state index in [1.807, 2.05) is 13.0 Å². The summed E-state index contributed by atoms with van der Waals surface area (Å²) in [4.78, 5) is 20.3. The summed E-state index contributed by atoms with van der Waals surface area (Å²) in [5.41, 5.74) is 1.22. The molecule has 0 saturated heterocycles. The summed E-state index contributed by atoms with van der Waals surface area (Å²) in [6.07, 6.45) is 0.920. The van der Waals surface area contributed by atoms with Crippen LogP contribution >= 0.6 is 11.6 Å². The van der Waals surface area contributed by atoms with Crippen LogP contribution < -0.4 is 9.47 Å². The third-order valence-corrected chi connectivity index (χ3v) is 3.46. The number of carbonyl (C=O) groups excluding carboxylic acids is 1. The van der Waals surface area contributed by atoms with Gasteiger partial charge in [0.2, 0.25) is 0 Å². The molecule has 7 heteroatoms. The van der Waals surface area contributed by atoms with Crippen LogP contribution in [-0.2, 0) is 16.0 Å². The van der Waals surface area contributed by atoms with E-state index in [0.717, 1.165) is 12.0 Å². The number of methoxy groups -OCH3 is 1. The normalized spacial score (nSPS) is 10.4. The van der Waals surface area contributed by atoms with Gasteiger partial charge in [-0.1, -0.05) is 18.5 Å². The van der Waals surface area contributed by atoms with Gasteiger partial charge in [-0.05, 0) is 37.6 Å². The van der Waals surface area contributed by atoms with Crippen molar-refractivity contribution in [3.05, 3.63) is 35.1 Å². The first-order valence-corrected chi connectivity index (χ1v) is 8.45. The van der Waals surface area contributed by atoms with Crippen LogP contribution in [0, 0.1) is 0 Å². The lowest BCUT2D eigenvalue weighted by Crippen LogP contribution is -2.09. The Kier molecular flexibility index (Phi) is 7.01. The molecule has 134 valence electrons. The molecule has 2 rings (SSSR count). The lowest BCUT2D eigenvalue weighted by atomic mass is 10.1. The van der Waals surface area contributed by atoms with Crippen molar-refractivity contribution < 1.29 is 19.0 Å². The van der Waals surface area contributed by atoms with E-state index in [1.165, 1.54) is 0 Å². The second kappa shape index (κ2) is 9.22. The SMILES string of the molecule is CCCOc1cc(-c2nc(Cl)cc(CC(=O)OCC)n2)ccc1OC. The molecule has 0 aliphatic rings. The van der Waals surface area contributed by atoms with Crippen LogP contribution in [0.1, 0.15) is 26.0 Å². The highest BCUT2D eigenvalue weighted by Crippen LogP contribution is 2.32. The number of halogens is 1. The van der Waals surface area contributed by atoms with Gasteiger partial charge in [-0.2, -0.15) is 0 Å². The number of carbonyl (C=O) groups is 1. The van der Waals surface area contributed by atoms with Crippen LogP contribution in [0.2, 0.25) is 5.15 Å². The molecule has 0 fully saturated rings. The molecule has 6 nitrogen and oxygen atoms in total. The third kappa shape index (κ3) is 5.32. The van der Waals surface area contributed by atoms with Gasteiger partial charge in [-0.25, -0.2) is 9.97 Å². The average Bonchev–Trinajstić information content (AvgIpc) is 2.59. The minimum Gasteiger partial charge on any atom is -0.493 e. The zero-order valence-electron chi connectivity index (χ0n) is 14.5. The number of aromatic nitrogens is 2. The first kappa shape index (κ1) is 19.0. The van der Waals surface area contributed by atoms with E-state index in [-0.39, 0.29) is 17.5 Å². The highest BCUT2D eigenvalue weighted by atomic mass is 35.5. The smallest absolute Gasteiger partial charge is 0.311 e. The maximum absolute atomic E-state index is 11.7. The number of nitrogens with zero attached hydrogens (tertiary/aromatic N) is 2. The van der Waals surface area contributed by atoms with Gasteiger partial charge in [0.05, 0.1) is 32.4 Å². The van der Waals surface area contributed by atoms with Crippen LogP contribution in [0.4, 0.5) is 0 Å². The Morgan fingerprint density at radius 1 is 1.16 bits per heavy atom. The van der Waals surface area contributed by atoms with Crippen LogP contribution in [-0.4, -0.2) is 36.3 Å². The minimum absolute atomic E-state index is 0.0401. The monoisotopic (exact) mass is 364 g/mol. The molecular weight excluding hydrogens is 344 g/mol. The van der Waals surface area contributed by atoms with E-state index < -0.39 is 0 Å². The largest absolute Gasteiger partial charge is 0.493 e. The Labute approximate surface area is 152 Å². The van der Waals surface area contributed by atoms with Crippen LogP contribution in [0.25, 0.3) is 11.4 Å². The molecule has 1 aromatic heterocycles. The first-order valence-electron chi connectivity index (χ1n) is 8.07. The third-order valence-electron chi connectivity index (χ3n) is 3.26. The van der Waals surface area contributed by atoms with E-state index in [2.05, 4.69) is 9.97 Å². The minimum atomic E-state index is -0.357. The Morgan fingerprint density at radius 3 is 2.64 bits per heavy atom. The number of esters is 1. The lowest BCUT2D eigenvalue weighted by Gasteiger charge is -2.12. The molecule has 0 spiro atoms. The van der Waals surface area contributed by atoms with Gasteiger partial charge in [0.15, 0.2) is 17.3 Å². The molecule has 0 aliphatic heterocycles. The van der Waals surface area contributed by atoms with Gasteiger partial charge >= 0.3 is 5.97 Å². The van der Waals surface area contributed by atoms with Crippen molar-refractivity contribution in [2.45, 2.75) is 26.7 Å². The highest BCUT2D eigenvalue weighted by molar-refractivity contribution is 6.29. The second-order valence-corrected chi connectivity index (χ2v) is 5.59. The van der Waals surface area contributed by atoms with Crippen molar-refractivity contribution in [2.75, 3.05) is 20.3 Å². The fourth-order valence-electron chi connectivity index (χ4n) is 2.18. The fraction of sp³-hybridized carbons (Fsp3) is 0.389. The maximum atomic E-state index is 11.7. The van der Waals surface area contributed by atoms with Crippen LogP contribution in [0.15, 0.2) is 24.3 Å². The zero-order valence-corrected chi connectivity index (χ0v) is 15.3. The maximum Gasteiger partial charge on any atom is 0.311 e. The van der Waals surface area contributed by atoms with E-state index in [1.54, 1.807) is 32.2 Å². The fourth-order valence-corrected chi connectivity index (χ4v) is 2.39. The quantitative estimate of drug-likeness (QED) is 0.525. The number of hydrogen-bond acceptors (Lipinski definition) is 6. The van der Waals surface area contributed by atoms with Crippen LogP contribution in [0.5, 0.6) is 11.5 Å². The molecule has 0 saturated carbocycles. The van der Waals surface area contributed by atoms with Gasteiger partial charge in [0.1, 0.15) is 5.15 Å². The molecule has 1 aromatic carbocycles. The van der Waals surface area contributed by atoms with E-state index in [9.17, 15) is 4.79 Å². The van der Waals surface area contributed by atoms with E-state index in [4.69, 9.17) is 25.8 Å². The molecule has 0 bridgehead atoms. The zero-order chi connectivity index (χ0) is 18.2. The van der Waals surface area contributed by atoms with Crippen molar-refractivity contribution in [1.82, 2.24) is 9.97 Å². The predicted octanol–water partition coefficient (Wildman–Crippen LogP) is 3.70. The van der Waals surface area contributed by atoms with Crippen LogP contribution in [0.3, 0.4) is 0 Å². The molecule has 0 N–H and O–H groups in total. The second-order valence-electron chi connectivity index (χ2n) is 5.20. The summed E-state index contributed by atoms with van der Waals surface area (Å²) in [7, 11) is 1.58. The van der Waals surface area contributed by atoms with E-state index in [0.29, 0.717) is 36.2 Å². The summed E-state index contributed by atoms with van der Waals surface area (Å²) in [5, 5.41) is 0.260. The van der Waals surface area contributed by atoms with Gasteiger partial charge in [0, 0.05) is 5.56 Å². The topological polar surface area (TPSA) is 70.5 Å². The molecule has 0 unspecified atom stereocenters. The number of hydrogen-bond donors (Lipinski definition) is 0. The standard InChI is InChI=1S/C18H21ClN2O4/c1-4-8-25-15-9-12(6-7-14(15)23-3)18-20-13(10-16(19)21-18)11-17(22)24-5-2/h6-7,9-10H,4-5,8,11H2,1-3H3. The molecule has 2 aromatic rings. The summed E-state index contributed by atoms with van der Waals surface area (Å²) in [6.45, 7) is 4.68. The molecule has 1 heterocycles. The first-order chi connectivity index (χ1) is 12.1. The predicted molar refractivity (Wildman–Crippen MR) is 95.2 cm³/mol. The van der Waals surface area contributed by atoms with Gasteiger partial charge in [-0.3, -0.25) is 4.79 Å². The number of benzene rings is 1. The average molecular weight is 365 g/mol. The Hall–Kier alpha value is -2.34. The van der Waals surface area contributed by atoms with E-state index >= 15 is 0 Å². The van der Waals surface area contributed by atoms with Gasteiger partial charge < -0.3 is 14.2 Å². The highest BCUT2D eigenvalue weighted by Gasteiger charge is 2.13. The summed E-state index contributed by atoms with van der Waals surface area (Å²) in [6, 6.07) is 6.96.